The first kappa shape index (κ1) is 9.21. The number of fused-ring (bicyclic) bond motifs is 3. The van der Waals surface area contributed by atoms with Gasteiger partial charge in [0.25, 0.3) is 0 Å². The summed E-state index contributed by atoms with van der Waals surface area (Å²) in [7, 11) is 2.40. The minimum absolute atomic E-state index is 0.966. The first-order valence-corrected chi connectivity index (χ1v) is 6.60. The average molecular weight is 193 g/mol. The maximum absolute atomic E-state index is 2.76. The van der Waals surface area contributed by atoms with Crippen LogP contribution in [0.5, 0.6) is 0 Å². The third kappa shape index (κ3) is 1.25. The van der Waals surface area contributed by atoms with Gasteiger partial charge in [-0.1, -0.05) is 25.7 Å². The molecule has 2 saturated carbocycles. The van der Waals surface area contributed by atoms with Crippen molar-refractivity contribution in [1.82, 2.24) is 4.90 Å². The molecule has 0 aromatic carbocycles. The fraction of sp³-hybridized carbons (Fsp3) is 1.00. The Bertz CT molecular complexity index is 213. The van der Waals surface area contributed by atoms with Gasteiger partial charge in [-0.2, -0.15) is 0 Å². The fourth-order valence-corrected chi connectivity index (χ4v) is 4.54. The zero-order valence-corrected chi connectivity index (χ0v) is 9.41. The van der Waals surface area contributed by atoms with E-state index in [1.165, 1.54) is 51.4 Å². The summed E-state index contributed by atoms with van der Waals surface area (Å²) in [6, 6.07) is 1.94. The lowest BCUT2D eigenvalue weighted by atomic mass is 9.85. The SMILES string of the molecule is CN1C2CCCCCC2C2CCCC21. The largest absolute Gasteiger partial charge is 0.300 e. The molecule has 0 N–H and O–H groups in total. The molecule has 1 heteroatoms. The van der Waals surface area contributed by atoms with Crippen molar-refractivity contribution in [3.05, 3.63) is 0 Å². The molecule has 14 heavy (non-hydrogen) atoms. The fourth-order valence-electron chi connectivity index (χ4n) is 4.54. The smallest absolute Gasteiger partial charge is 0.0127 e. The minimum Gasteiger partial charge on any atom is -0.300 e. The molecule has 0 aromatic heterocycles. The van der Waals surface area contributed by atoms with Crippen LogP contribution >= 0.6 is 0 Å². The predicted molar refractivity (Wildman–Crippen MR) is 59.3 cm³/mol. The molecule has 1 heterocycles. The Morgan fingerprint density at radius 3 is 2.07 bits per heavy atom. The molecule has 80 valence electrons. The Labute approximate surface area is 87.9 Å². The first-order valence-electron chi connectivity index (χ1n) is 6.60. The van der Waals surface area contributed by atoms with Gasteiger partial charge in [-0.05, 0) is 44.6 Å². The van der Waals surface area contributed by atoms with Gasteiger partial charge < -0.3 is 0 Å². The van der Waals surface area contributed by atoms with Gasteiger partial charge in [0.05, 0.1) is 0 Å². The van der Waals surface area contributed by atoms with Crippen LogP contribution in [0.1, 0.15) is 51.4 Å². The number of rotatable bonds is 0. The van der Waals surface area contributed by atoms with E-state index in [1.807, 2.05) is 0 Å². The van der Waals surface area contributed by atoms with Crippen molar-refractivity contribution in [2.45, 2.75) is 63.5 Å². The van der Waals surface area contributed by atoms with Gasteiger partial charge in [-0.3, -0.25) is 4.90 Å². The standard InChI is InChI=1S/C13H23N/c1-14-12-8-4-2-3-6-10(12)11-7-5-9-13(11)14/h10-13H,2-9H2,1H3. The Hall–Kier alpha value is -0.0400. The van der Waals surface area contributed by atoms with Gasteiger partial charge in [0.2, 0.25) is 0 Å². The summed E-state index contributed by atoms with van der Waals surface area (Å²) in [4.78, 5) is 2.76. The Kier molecular flexibility index (Phi) is 2.31. The summed E-state index contributed by atoms with van der Waals surface area (Å²) >= 11 is 0. The van der Waals surface area contributed by atoms with E-state index in [-0.39, 0.29) is 0 Å². The molecule has 2 aliphatic carbocycles. The number of likely N-dealkylation sites (tertiary alicyclic amines) is 1. The molecule has 3 rings (SSSR count). The second kappa shape index (κ2) is 3.52. The predicted octanol–water partition coefficient (Wildman–Crippen LogP) is 3.05. The van der Waals surface area contributed by atoms with Crippen molar-refractivity contribution in [1.29, 1.82) is 0 Å². The highest BCUT2D eigenvalue weighted by atomic mass is 15.2. The third-order valence-electron chi connectivity index (χ3n) is 5.16. The maximum Gasteiger partial charge on any atom is 0.0127 e. The topological polar surface area (TPSA) is 3.24 Å². The molecule has 0 spiro atoms. The number of nitrogens with zero attached hydrogens (tertiary/aromatic N) is 1. The van der Waals surface area contributed by atoms with Crippen LogP contribution in [0.15, 0.2) is 0 Å². The molecule has 0 radical (unpaired) electrons. The van der Waals surface area contributed by atoms with Crippen LogP contribution in [0.25, 0.3) is 0 Å². The van der Waals surface area contributed by atoms with E-state index in [0.29, 0.717) is 0 Å². The van der Waals surface area contributed by atoms with E-state index < -0.39 is 0 Å². The second-order valence-corrected chi connectivity index (χ2v) is 5.70. The summed E-state index contributed by atoms with van der Waals surface area (Å²) in [5, 5.41) is 0. The van der Waals surface area contributed by atoms with Gasteiger partial charge in [-0.25, -0.2) is 0 Å². The minimum atomic E-state index is 0.966. The van der Waals surface area contributed by atoms with Crippen LogP contribution in [0.2, 0.25) is 0 Å². The summed E-state index contributed by atoms with van der Waals surface area (Å²) in [6.45, 7) is 0. The summed E-state index contributed by atoms with van der Waals surface area (Å²) in [5.74, 6) is 2.16. The van der Waals surface area contributed by atoms with Crippen molar-refractivity contribution in [3.63, 3.8) is 0 Å². The molecule has 4 atom stereocenters. The van der Waals surface area contributed by atoms with Crippen LogP contribution in [-0.2, 0) is 0 Å². The zero-order chi connectivity index (χ0) is 9.54. The van der Waals surface area contributed by atoms with E-state index in [4.69, 9.17) is 0 Å². The van der Waals surface area contributed by atoms with Crippen LogP contribution in [0.3, 0.4) is 0 Å². The zero-order valence-electron chi connectivity index (χ0n) is 9.41. The molecular weight excluding hydrogens is 170 g/mol. The maximum atomic E-state index is 2.76. The van der Waals surface area contributed by atoms with Gasteiger partial charge >= 0.3 is 0 Å². The Morgan fingerprint density at radius 1 is 0.714 bits per heavy atom. The molecule has 0 aromatic rings. The Balaban J connectivity index is 1.83. The second-order valence-electron chi connectivity index (χ2n) is 5.70. The molecule has 0 amide bonds. The van der Waals surface area contributed by atoms with Crippen molar-refractivity contribution in [3.8, 4) is 0 Å². The number of hydrogen-bond acceptors (Lipinski definition) is 1. The van der Waals surface area contributed by atoms with Crippen molar-refractivity contribution in [2.75, 3.05) is 7.05 Å². The van der Waals surface area contributed by atoms with Gasteiger partial charge in [0.15, 0.2) is 0 Å². The van der Waals surface area contributed by atoms with Gasteiger partial charge in [-0.15, -0.1) is 0 Å². The lowest BCUT2D eigenvalue weighted by Gasteiger charge is -2.26. The monoisotopic (exact) mass is 193 g/mol. The lowest BCUT2D eigenvalue weighted by Crippen LogP contribution is -2.33. The van der Waals surface area contributed by atoms with Crippen LogP contribution in [-0.4, -0.2) is 24.0 Å². The van der Waals surface area contributed by atoms with E-state index in [2.05, 4.69) is 11.9 Å². The van der Waals surface area contributed by atoms with Gasteiger partial charge in [0, 0.05) is 12.1 Å². The van der Waals surface area contributed by atoms with E-state index >= 15 is 0 Å². The average Bonchev–Trinajstić information content (AvgIpc) is 2.65. The molecule has 1 nitrogen and oxygen atoms in total. The summed E-state index contributed by atoms with van der Waals surface area (Å²) < 4.78 is 0. The van der Waals surface area contributed by atoms with E-state index in [0.717, 1.165) is 23.9 Å². The molecule has 1 saturated heterocycles. The van der Waals surface area contributed by atoms with Crippen LogP contribution < -0.4 is 0 Å². The highest BCUT2D eigenvalue weighted by molar-refractivity contribution is 5.01. The Morgan fingerprint density at radius 2 is 1.29 bits per heavy atom. The number of hydrogen-bond donors (Lipinski definition) is 0. The van der Waals surface area contributed by atoms with Crippen molar-refractivity contribution < 1.29 is 0 Å². The van der Waals surface area contributed by atoms with Crippen molar-refractivity contribution >= 4 is 0 Å². The van der Waals surface area contributed by atoms with Gasteiger partial charge in [0.1, 0.15) is 0 Å². The summed E-state index contributed by atoms with van der Waals surface area (Å²) in [6.07, 6.45) is 12.1. The van der Waals surface area contributed by atoms with Crippen LogP contribution in [0, 0.1) is 11.8 Å². The van der Waals surface area contributed by atoms with E-state index in [9.17, 15) is 0 Å². The molecule has 0 bridgehead atoms. The highest BCUT2D eigenvalue weighted by Crippen LogP contribution is 2.48. The third-order valence-corrected chi connectivity index (χ3v) is 5.16. The normalized spacial score (nSPS) is 48.6. The highest BCUT2D eigenvalue weighted by Gasteiger charge is 2.48. The molecular formula is C13H23N. The van der Waals surface area contributed by atoms with E-state index in [1.54, 1.807) is 0 Å². The molecule has 3 fully saturated rings. The summed E-state index contributed by atoms with van der Waals surface area (Å²) in [5.41, 5.74) is 0. The molecule has 3 aliphatic rings. The first-order chi connectivity index (χ1) is 6.88. The quantitative estimate of drug-likeness (QED) is 0.571. The molecule has 1 aliphatic heterocycles. The van der Waals surface area contributed by atoms with Crippen LogP contribution in [0.4, 0.5) is 0 Å². The molecule has 4 unspecified atom stereocenters. The lowest BCUT2D eigenvalue weighted by molar-refractivity contribution is 0.210. The van der Waals surface area contributed by atoms with Crippen molar-refractivity contribution in [2.24, 2.45) is 11.8 Å².